The molecule has 1 saturated heterocycles. The highest BCUT2D eigenvalue weighted by Gasteiger charge is 2.27. The molecule has 3 N–H and O–H groups in total. The minimum Gasteiger partial charge on any atom is -0.481 e. The molecule has 2 rings (SSSR count). The molecule has 0 saturated carbocycles. The lowest BCUT2D eigenvalue weighted by Crippen LogP contribution is -2.47. The Labute approximate surface area is 116 Å². The second-order valence-electron chi connectivity index (χ2n) is 5.27. The van der Waals surface area contributed by atoms with Crippen LogP contribution in [0, 0.1) is 17.6 Å². The number of anilines is 1. The first-order chi connectivity index (χ1) is 9.47. The molecule has 0 bridgehead atoms. The predicted molar refractivity (Wildman–Crippen MR) is 71.5 cm³/mol. The maximum absolute atomic E-state index is 13.8. The van der Waals surface area contributed by atoms with E-state index in [4.69, 9.17) is 10.8 Å². The summed E-state index contributed by atoms with van der Waals surface area (Å²) in [5, 5.41) is 8.72. The van der Waals surface area contributed by atoms with Crippen molar-refractivity contribution in [2.45, 2.75) is 25.3 Å². The average Bonchev–Trinajstić information content (AvgIpc) is 2.39. The normalized spacial score (nSPS) is 22.9. The highest BCUT2D eigenvalue weighted by atomic mass is 19.2. The van der Waals surface area contributed by atoms with Crippen LogP contribution >= 0.6 is 0 Å². The Morgan fingerprint density at radius 2 is 2.15 bits per heavy atom. The summed E-state index contributed by atoms with van der Waals surface area (Å²) in [6.45, 7) is 0.950. The first-order valence-corrected chi connectivity index (χ1v) is 6.63. The maximum Gasteiger partial charge on any atom is 0.303 e. The van der Waals surface area contributed by atoms with Gasteiger partial charge >= 0.3 is 5.97 Å². The summed E-state index contributed by atoms with van der Waals surface area (Å²) in [7, 11) is 0. The van der Waals surface area contributed by atoms with E-state index in [-0.39, 0.29) is 24.1 Å². The number of carbonyl (C=O) groups is 1. The fourth-order valence-electron chi connectivity index (χ4n) is 2.72. The lowest BCUT2D eigenvalue weighted by molar-refractivity contribution is -0.137. The number of nitrogens with zero attached hydrogens (tertiary/aromatic N) is 1. The van der Waals surface area contributed by atoms with Gasteiger partial charge in [0, 0.05) is 25.6 Å². The standard InChI is InChI=1S/C14H18F2N2O2/c15-11-2-1-3-12(14(11)16)18-7-9(4-5-13(19)20)6-10(17)8-18/h1-3,9-10H,4-8,17H2,(H,19,20). The van der Waals surface area contributed by atoms with Gasteiger partial charge in [-0.3, -0.25) is 4.79 Å². The molecule has 1 aromatic rings. The van der Waals surface area contributed by atoms with E-state index < -0.39 is 17.6 Å². The molecule has 2 atom stereocenters. The molecule has 1 fully saturated rings. The summed E-state index contributed by atoms with van der Waals surface area (Å²) in [4.78, 5) is 12.3. The summed E-state index contributed by atoms with van der Waals surface area (Å²) >= 11 is 0. The van der Waals surface area contributed by atoms with Crippen LogP contribution < -0.4 is 10.6 Å². The predicted octanol–water partition coefficient (Wildman–Crippen LogP) is 1.98. The molecule has 0 spiro atoms. The second kappa shape index (κ2) is 6.17. The zero-order valence-electron chi connectivity index (χ0n) is 11.1. The summed E-state index contributed by atoms with van der Waals surface area (Å²) < 4.78 is 27.1. The number of halogens is 2. The maximum atomic E-state index is 13.8. The average molecular weight is 284 g/mol. The van der Waals surface area contributed by atoms with Crippen LogP contribution in [-0.4, -0.2) is 30.2 Å². The van der Waals surface area contributed by atoms with Gasteiger partial charge in [-0.25, -0.2) is 8.78 Å². The lowest BCUT2D eigenvalue weighted by atomic mass is 9.90. The highest BCUT2D eigenvalue weighted by molar-refractivity contribution is 5.66. The van der Waals surface area contributed by atoms with E-state index in [9.17, 15) is 13.6 Å². The minimum absolute atomic E-state index is 0.0663. The van der Waals surface area contributed by atoms with E-state index in [2.05, 4.69) is 0 Å². The van der Waals surface area contributed by atoms with Crippen LogP contribution in [0.15, 0.2) is 18.2 Å². The van der Waals surface area contributed by atoms with Crippen LogP contribution in [0.5, 0.6) is 0 Å². The number of hydrogen-bond acceptors (Lipinski definition) is 3. The van der Waals surface area contributed by atoms with Crippen LogP contribution in [0.4, 0.5) is 14.5 Å². The van der Waals surface area contributed by atoms with Crippen LogP contribution in [0.3, 0.4) is 0 Å². The summed E-state index contributed by atoms with van der Waals surface area (Å²) in [5.41, 5.74) is 6.14. The van der Waals surface area contributed by atoms with Gasteiger partial charge in [0.15, 0.2) is 11.6 Å². The number of piperidine rings is 1. The Hall–Kier alpha value is -1.69. The van der Waals surface area contributed by atoms with Gasteiger partial charge in [-0.05, 0) is 30.9 Å². The number of carboxylic acid groups (broad SMARTS) is 1. The number of benzene rings is 1. The van der Waals surface area contributed by atoms with Crippen molar-refractivity contribution in [3.05, 3.63) is 29.8 Å². The summed E-state index contributed by atoms with van der Waals surface area (Å²) in [6, 6.07) is 3.89. The molecule has 4 nitrogen and oxygen atoms in total. The van der Waals surface area contributed by atoms with Crippen LogP contribution in [0.25, 0.3) is 0 Å². The third-order valence-electron chi connectivity index (χ3n) is 3.61. The third kappa shape index (κ3) is 3.45. The lowest BCUT2D eigenvalue weighted by Gasteiger charge is -2.37. The fraction of sp³-hybridized carbons (Fsp3) is 0.500. The van der Waals surface area contributed by atoms with Crippen LogP contribution in [-0.2, 0) is 4.79 Å². The van der Waals surface area contributed by atoms with Crippen LogP contribution in [0.1, 0.15) is 19.3 Å². The van der Waals surface area contributed by atoms with E-state index in [0.29, 0.717) is 25.9 Å². The molecular weight excluding hydrogens is 266 g/mol. The SMILES string of the molecule is NC1CC(CCC(=O)O)CN(c2cccc(F)c2F)C1. The van der Waals surface area contributed by atoms with Crippen molar-refractivity contribution in [3.63, 3.8) is 0 Å². The Balaban J connectivity index is 2.11. The molecule has 0 aromatic heterocycles. The van der Waals surface area contributed by atoms with Crippen LogP contribution in [0.2, 0.25) is 0 Å². The topological polar surface area (TPSA) is 66.6 Å². The second-order valence-corrected chi connectivity index (χ2v) is 5.27. The molecule has 20 heavy (non-hydrogen) atoms. The zero-order valence-corrected chi connectivity index (χ0v) is 11.1. The molecular formula is C14H18F2N2O2. The molecule has 0 amide bonds. The third-order valence-corrected chi connectivity index (χ3v) is 3.61. The van der Waals surface area contributed by atoms with Crippen molar-refractivity contribution in [1.29, 1.82) is 0 Å². The Bertz CT molecular complexity index is 496. The molecule has 6 heteroatoms. The van der Waals surface area contributed by atoms with Gasteiger partial charge in [-0.1, -0.05) is 6.07 Å². The van der Waals surface area contributed by atoms with Gasteiger partial charge < -0.3 is 15.7 Å². The molecule has 0 radical (unpaired) electrons. The van der Waals surface area contributed by atoms with E-state index in [0.717, 1.165) is 6.07 Å². The number of nitrogens with two attached hydrogens (primary N) is 1. The fourth-order valence-corrected chi connectivity index (χ4v) is 2.72. The smallest absolute Gasteiger partial charge is 0.303 e. The molecule has 1 heterocycles. The molecule has 110 valence electrons. The van der Waals surface area contributed by atoms with Crippen molar-refractivity contribution in [3.8, 4) is 0 Å². The van der Waals surface area contributed by atoms with Crippen molar-refractivity contribution in [1.82, 2.24) is 0 Å². The van der Waals surface area contributed by atoms with Gasteiger partial charge in [0.1, 0.15) is 0 Å². The molecule has 0 aliphatic carbocycles. The van der Waals surface area contributed by atoms with E-state index in [1.165, 1.54) is 12.1 Å². The summed E-state index contributed by atoms with van der Waals surface area (Å²) in [6.07, 6.45) is 1.27. The highest BCUT2D eigenvalue weighted by Crippen LogP contribution is 2.28. The number of carboxylic acids is 1. The molecule has 1 aliphatic rings. The van der Waals surface area contributed by atoms with E-state index in [1.54, 1.807) is 4.90 Å². The van der Waals surface area contributed by atoms with E-state index >= 15 is 0 Å². The first kappa shape index (κ1) is 14.7. The summed E-state index contributed by atoms with van der Waals surface area (Å²) in [5.74, 6) is -2.53. The monoisotopic (exact) mass is 284 g/mol. The van der Waals surface area contributed by atoms with Gasteiger partial charge in [0.2, 0.25) is 0 Å². The van der Waals surface area contributed by atoms with Crippen molar-refractivity contribution >= 4 is 11.7 Å². The van der Waals surface area contributed by atoms with Crippen molar-refractivity contribution < 1.29 is 18.7 Å². The quantitative estimate of drug-likeness (QED) is 0.887. The molecule has 1 aliphatic heterocycles. The van der Waals surface area contributed by atoms with Crippen molar-refractivity contribution in [2.75, 3.05) is 18.0 Å². The number of rotatable bonds is 4. The Kier molecular flexibility index (Phi) is 4.54. The van der Waals surface area contributed by atoms with Gasteiger partial charge in [0.05, 0.1) is 5.69 Å². The minimum atomic E-state index is -0.885. The van der Waals surface area contributed by atoms with Gasteiger partial charge in [0.25, 0.3) is 0 Å². The Morgan fingerprint density at radius 1 is 1.40 bits per heavy atom. The largest absolute Gasteiger partial charge is 0.481 e. The first-order valence-electron chi connectivity index (χ1n) is 6.63. The number of hydrogen-bond donors (Lipinski definition) is 2. The molecule has 1 aromatic carbocycles. The zero-order chi connectivity index (χ0) is 14.7. The van der Waals surface area contributed by atoms with Gasteiger partial charge in [-0.2, -0.15) is 0 Å². The van der Waals surface area contributed by atoms with Crippen molar-refractivity contribution in [2.24, 2.45) is 11.7 Å². The number of aliphatic carboxylic acids is 1. The Morgan fingerprint density at radius 3 is 2.85 bits per heavy atom. The molecule has 2 unspecified atom stereocenters. The van der Waals surface area contributed by atoms with E-state index in [1.807, 2.05) is 0 Å². The van der Waals surface area contributed by atoms with Gasteiger partial charge in [-0.15, -0.1) is 0 Å².